The van der Waals surface area contributed by atoms with E-state index in [0.29, 0.717) is 6.54 Å². The summed E-state index contributed by atoms with van der Waals surface area (Å²) in [6, 6.07) is 0.187. The molecule has 0 aromatic carbocycles. The average Bonchev–Trinajstić information content (AvgIpc) is 2.14. The summed E-state index contributed by atoms with van der Waals surface area (Å²) in [6.45, 7) is 5.43. The van der Waals surface area contributed by atoms with Gasteiger partial charge in [-0.3, -0.25) is 4.90 Å². The molecule has 0 amide bonds. The van der Waals surface area contributed by atoms with Crippen LogP contribution in [0.5, 0.6) is 0 Å². The topological polar surface area (TPSA) is 15.3 Å². The summed E-state index contributed by atoms with van der Waals surface area (Å²) >= 11 is 0. The zero-order valence-electron chi connectivity index (χ0n) is 10.6. The first-order valence-corrected chi connectivity index (χ1v) is 5.78. The second-order valence-corrected chi connectivity index (χ2v) is 4.36. The highest BCUT2D eigenvalue weighted by Crippen LogP contribution is 2.19. The van der Waals surface area contributed by atoms with Crippen LogP contribution < -0.4 is 5.32 Å². The van der Waals surface area contributed by atoms with Gasteiger partial charge in [-0.2, -0.15) is 13.2 Å². The first kappa shape index (κ1) is 15.7. The van der Waals surface area contributed by atoms with Crippen LogP contribution in [-0.4, -0.2) is 43.3 Å². The van der Waals surface area contributed by atoms with E-state index in [-0.39, 0.29) is 12.1 Å². The first-order chi connectivity index (χ1) is 7.30. The van der Waals surface area contributed by atoms with Crippen molar-refractivity contribution in [1.29, 1.82) is 0 Å². The van der Waals surface area contributed by atoms with Gasteiger partial charge >= 0.3 is 6.18 Å². The fourth-order valence-corrected chi connectivity index (χ4v) is 1.75. The van der Waals surface area contributed by atoms with E-state index in [1.54, 1.807) is 0 Å². The largest absolute Gasteiger partial charge is 0.401 e. The maximum Gasteiger partial charge on any atom is 0.401 e. The lowest BCUT2D eigenvalue weighted by Crippen LogP contribution is -2.43. The Balaban J connectivity index is 4.28. The molecule has 2 unspecified atom stereocenters. The fraction of sp³-hybridized carbons (Fsp3) is 1.00. The second kappa shape index (κ2) is 7.12. The van der Waals surface area contributed by atoms with Crippen LogP contribution in [-0.2, 0) is 0 Å². The lowest BCUT2D eigenvalue weighted by molar-refractivity contribution is -0.150. The fourth-order valence-electron chi connectivity index (χ4n) is 1.75. The summed E-state index contributed by atoms with van der Waals surface area (Å²) < 4.78 is 37.1. The third-order valence-electron chi connectivity index (χ3n) is 2.70. The van der Waals surface area contributed by atoms with Crippen LogP contribution in [0, 0.1) is 0 Å². The summed E-state index contributed by atoms with van der Waals surface area (Å²) in [5.74, 6) is 0. The molecule has 98 valence electrons. The van der Waals surface area contributed by atoms with Crippen LogP contribution >= 0.6 is 0 Å². The van der Waals surface area contributed by atoms with E-state index < -0.39 is 12.7 Å². The van der Waals surface area contributed by atoms with Crippen molar-refractivity contribution in [3.05, 3.63) is 0 Å². The number of hydrogen-bond acceptors (Lipinski definition) is 2. The summed E-state index contributed by atoms with van der Waals surface area (Å²) in [6.07, 6.45) is -2.63. The molecule has 5 heteroatoms. The predicted molar refractivity (Wildman–Crippen MR) is 60.5 cm³/mol. The molecule has 0 spiro atoms. The van der Waals surface area contributed by atoms with Crippen LogP contribution in [0.3, 0.4) is 0 Å². The van der Waals surface area contributed by atoms with Crippen molar-refractivity contribution in [1.82, 2.24) is 10.2 Å². The van der Waals surface area contributed by atoms with Crippen LogP contribution in [0.2, 0.25) is 0 Å². The molecular weight excluding hydrogens is 217 g/mol. The summed E-state index contributed by atoms with van der Waals surface area (Å²) in [7, 11) is 1.82. The number of hydrogen-bond donors (Lipinski definition) is 1. The summed E-state index contributed by atoms with van der Waals surface area (Å²) in [5.41, 5.74) is 0. The molecule has 1 N–H and O–H groups in total. The Bertz CT molecular complexity index is 183. The molecule has 16 heavy (non-hydrogen) atoms. The molecule has 0 aromatic rings. The Hall–Kier alpha value is -0.290. The molecule has 0 aliphatic rings. The monoisotopic (exact) mass is 240 g/mol. The van der Waals surface area contributed by atoms with Gasteiger partial charge in [0.2, 0.25) is 0 Å². The predicted octanol–water partition coefficient (Wildman–Crippen LogP) is 2.65. The van der Waals surface area contributed by atoms with Crippen LogP contribution in [0.15, 0.2) is 0 Å². The number of rotatable bonds is 7. The van der Waals surface area contributed by atoms with E-state index in [1.807, 2.05) is 27.8 Å². The van der Waals surface area contributed by atoms with Crippen LogP contribution in [0.25, 0.3) is 0 Å². The lowest BCUT2D eigenvalue weighted by atomic mass is 10.1. The van der Waals surface area contributed by atoms with Gasteiger partial charge in [-0.05, 0) is 40.3 Å². The first-order valence-electron chi connectivity index (χ1n) is 5.78. The number of alkyl halides is 3. The summed E-state index contributed by atoms with van der Waals surface area (Å²) in [5, 5.41) is 3.05. The Morgan fingerprint density at radius 1 is 1.25 bits per heavy atom. The minimum Gasteiger partial charge on any atom is -0.317 e. The smallest absolute Gasteiger partial charge is 0.317 e. The Morgan fingerprint density at radius 3 is 2.19 bits per heavy atom. The van der Waals surface area contributed by atoms with Gasteiger partial charge in [-0.25, -0.2) is 0 Å². The van der Waals surface area contributed by atoms with Crippen LogP contribution in [0.1, 0.15) is 33.6 Å². The van der Waals surface area contributed by atoms with Gasteiger partial charge in [0, 0.05) is 12.1 Å². The van der Waals surface area contributed by atoms with Crippen molar-refractivity contribution >= 4 is 0 Å². The average molecular weight is 240 g/mol. The minimum atomic E-state index is -4.10. The number of halogens is 3. The minimum absolute atomic E-state index is 0.0518. The van der Waals surface area contributed by atoms with Gasteiger partial charge in [-0.1, -0.05) is 6.92 Å². The van der Waals surface area contributed by atoms with Crippen molar-refractivity contribution in [2.24, 2.45) is 0 Å². The third-order valence-corrected chi connectivity index (χ3v) is 2.70. The maximum absolute atomic E-state index is 12.4. The van der Waals surface area contributed by atoms with E-state index in [1.165, 1.54) is 4.90 Å². The highest BCUT2D eigenvalue weighted by molar-refractivity contribution is 4.74. The van der Waals surface area contributed by atoms with Crippen molar-refractivity contribution in [3.8, 4) is 0 Å². The van der Waals surface area contributed by atoms with Gasteiger partial charge in [-0.15, -0.1) is 0 Å². The Morgan fingerprint density at radius 2 is 1.81 bits per heavy atom. The maximum atomic E-state index is 12.4. The molecule has 2 atom stereocenters. The summed E-state index contributed by atoms with van der Waals surface area (Å²) in [4.78, 5) is 1.51. The quantitative estimate of drug-likeness (QED) is 0.736. The molecule has 0 aliphatic carbocycles. The zero-order chi connectivity index (χ0) is 12.8. The van der Waals surface area contributed by atoms with Crippen molar-refractivity contribution in [3.63, 3.8) is 0 Å². The van der Waals surface area contributed by atoms with Crippen molar-refractivity contribution in [2.75, 3.05) is 20.1 Å². The standard InChI is InChI=1S/C11H23F3N2/c1-5-6-16(8-11(12,13)14)10(3)7-9(2)15-4/h9-10,15H,5-8H2,1-4H3. The van der Waals surface area contributed by atoms with E-state index >= 15 is 0 Å². The Labute approximate surface area is 96.2 Å². The molecule has 0 saturated carbocycles. The molecule has 0 rings (SSSR count). The normalized spacial score (nSPS) is 16.5. The molecular formula is C11H23F3N2. The van der Waals surface area contributed by atoms with Gasteiger partial charge < -0.3 is 5.32 Å². The van der Waals surface area contributed by atoms with Gasteiger partial charge in [0.25, 0.3) is 0 Å². The molecule has 0 radical (unpaired) electrons. The van der Waals surface area contributed by atoms with E-state index in [0.717, 1.165) is 12.8 Å². The number of nitrogens with zero attached hydrogens (tertiary/aromatic N) is 1. The molecule has 2 nitrogen and oxygen atoms in total. The SMILES string of the molecule is CCCN(CC(F)(F)F)C(C)CC(C)NC. The zero-order valence-corrected chi connectivity index (χ0v) is 10.6. The highest BCUT2D eigenvalue weighted by atomic mass is 19.4. The number of nitrogens with one attached hydrogen (secondary N) is 1. The van der Waals surface area contributed by atoms with E-state index in [9.17, 15) is 13.2 Å². The molecule has 0 heterocycles. The van der Waals surface area contributed by atoms with E-state index in [2.05, 4.69) is 5.32 Å². The second-order valence-electron chi connectivity index (χ2n) is 4.36. The Kier molecular flexibility index (Phi) is 6.99. The van der Waals surface area contributed by atoms with Crippen LogP contribution in [0.4, 0.5) is 13.2 Å². The van der Waals surface area contributed by atoms with Gasteiger partial charge in [0.15, 0.2) is 0 Å². The van der Waals surface area contributed by atoms with Crippen molar-refractivity contribution < 1.29 is 13.2 Å². The highest BCUT2D eigenvalue weighted by Gasteiger charge is 2.32. The van der Waals surface area contributed by atoms with Gasteiger partial charge in [0.1, 0.15) is 0 Å². The third kappa shape index (κ3) is 7.06. The molecule has 0 aliphatic heterocycles. The molecule has 0 aromatic heterocycles. The van der Waals surface area contributed by atoms with E-state index in [4.69, 9.17) is 0 Å². The van der Waals surface area contributed by atoms with Crippen molar-refractivity contribution in [2.45, 2.75) is 51.9 Å². The molecule has 0 saturated heterocycles. The molecule has 0 bridgehead atoms. The lowest BCUT2D eigenvalue weighted by Gasteiger charge is -2.31. The molecule has 0 fully saturated rings. The van der Waals surface area contributed by atoms with Gasteiger partial charge in [0.05, 0.1) is 6.54 Å².